The van der Waals surface area contributed by atoms with E-state index >= 15 is 0 Å². The van der Waals surface area contributed by atoms with Crippen LogP contribution in [-0.4, -0.2) is 15.4 Å². The summed E-state index contributed by atoms with van der Waals surface area (Å²) in [6, 6.07) is 8.54. The summed E-state index contributed by atoms with van der Waals surface area (Å²) < 4.78 is 14.3. The molecule has 0 spiro atoms. The van der Waals surface area contributed by atoms with Crippen LogP contribution in [-0.2, 0) is 9.09 Å². The fourth-order valence-electron chi connectivity index (χ4n) is 1.13. The lowest BCUT2D eigenvalue weighted by atomic mass is 10.1. The van der Waals surface area contributed by atoms with Gasteiger partial charge >= 0.3 is 7.60 Å². The monoisotopic (exact) mass is 302 g/mol. The van der Waals surface area contributed by atoms with E-state index in [0.29, 0.717) is 5.56 Å². The molecule has 1 aromatic carbocycles. The van der Waals surface area contributed by atoms with Crippen LogP contribution >= 0.6 is 42.4 Å². The number of hydrogen-bond acceptors (Lipinski definition) is 2. The minimum atomic E-state index is -3.74. The van der Waals surface area contributed by atoms with E-state index in [9.17, 15) is 9.46 Å². The van der Waals surface area contributed by atoms with Gasteiger partial charge in [0.25, 0.3) is 0 Å². The molecule has 0 saturated carbocycles. The lowest BCUT2D eigenvalue weighted by Crippen LogP contribution is -2.19. The first-order valence-corrected chi connectivity index (χ1v) is 7.46. The molecule has 16 heavy (non-hydrogen) atoms. The Labute approximate surface area is 109 Å². The zero-order chi connectivity index (χ0) is 12.4. The van der Waals surface area contributed by atoms with Crippen molar-refractivity contribution in [1.29, 1.82) is 0 Å². The summed E-state index contributed by atoms with van der Waals surface area (Å²) in [5.74, 6) is 0. The van der Waals surface area contributed by atoms with E-state index in [1.54, 1.807) is 30.3 Å². The summed E-state index contributed by atoms with van der Waals surface area (Å²) in [7, 11) is -3.74. The topological polar surface area (TPSA) is 46.5 Å². The van der Waals surface area contributed by atoms with Crippen LogP contribution in [0.3, 0.4) is 0 Å². The van der Waals surface area contributed by atoms with Gasteiger partial charge in [0.2, 0.25) is 3.79 Å². The number of alkyl halides is 3. The molecule has 1 rings (SSSR count). The van der Waals surface area contributed by atoms with Crippen molar-refractivity contribution in [2.75, 3.05) is 6.66 Å². The SMILES string of the molecule is CP(=O)(O)O[C@H](c1ccccc1)C(Cl)(Cl)Cl. The van der Waals surface area contributed by atoms with E-state index < -0.39 is 17.5 Å². The van der Waals surface area contributed by atoms with E-state index in [4.69, 9.17) is 39.3 Å². The maximum absolute atomic E-state index is 11.2. The molecule has 0 aliphatic carbocycles. The van der Waals surface area contributed by atoms with Crippen molar-refractivity contribution in [3.05, 3.63) is 35.9 Å². The first-order chi connectivity index (χ1) is 7.20. The second-order valence-electron chi connectivity index (χ2n) is 3.24. The number of benzene rings is 1. The van der Waals surface area contributed by atoms with Crippen LogP contribution < -0.4 is 0 Å². The van der Waals surface area contributed by atoms with Crippen LogP contribution in [0.2, 0.25) is 0 Å². The van der Waals surface area contributed by atoms with E-state index in [1.165, 1.54) is 0 Å². The van der Waals surface area contributed by atoms with Gasteiger partial charge in [-0.3, -0.25) is 9.09 Å². The Bertz CT molecular complexity index is 385. The van der Waals surface area contributed by atoms with Crippen molar-refractivity contribution < 1.29 is 14.0 Å². The van der Waals surface area contributed by atoms with Crippen LogP contribution in [0.25, 0.3) is 0 Å². The molecule has 0 bridgehead atoms. The number of halogens is 3. The number of rotatable bonds is 3. The molecular formula is C9H10Cl3O3P. The predicted molar refractivity (Wildman–Crippen MR) is 66.3 cm³/mol. The maximum atomic E-state index is 11.2. The Morgan fingerprint density at radius 2 is 1.81 bits per heavy atom. The summed E-state index contributed by atoms with van der Waals surface area (Å²) in [6.07, 6.45) is -1.08. The second-order valence-corrected chi connectivity index (χ2v) is 7.43. The van der Waals surface area contributed by atoms with Crippen LogP contribution in [0.15, 0.2) is 30.3 Å². The zero-order valence-corrected chi connectivity index (χ0v) is 11.5. The van der Waals surface area contributed by atoms with Gasteiger partial charge in [0.15, 0.2) is 0 Å². The fraction of sp³-hybridized carbons (Fsp3) is 0.333. The third-order valence-corrected chi connectivity index (χ3v) is 2.90. The highest BCUT2D eigenvalue weighted by Gasteiger charge is 2.38. The van der Waals surface area contributed by atoms with Crippen molar-refractivity contribution in [3.8, 4) is 0 Å². The van der Waals surface area contributed by atoms with Crippen LogP contribution in [0.4, 0.5) is 0 Å². The average Bonchev–Trinajstić information content (AvgIpc) is 2.13. The quantitative estimate of drug-likeness (QED) is 0.680. The lowest BCUT2D eigenvalue weighted by molar-refractivity contribution is 0.182. The largest absolute Gasteiger partial charge is 0.325 e. The van der Waals surface area contributed by atoms with Crippen molar-refractivity contribution in [2.45, 2.75) is 9.90 Å². The third kappa shape index (κ3) is 4.62. The van der Waals surface area contributed by atoms with Gasteiger partial charge in [-0.25, -0.2) is 0 Å². The standard InChI is InChI=1S/C9H10Cl3O3P/c1-16(13,14)15-8(9(10,11)12)7-5-3-2-4-6-7/h2-6,8H,1H3,(H,13,14)/t8-/m1/s1. The van der Waals surface area contributed by atoms with E-state index in [2.05, 4.69) is 0 Å². The van der Waals surface area contributed by atoms with Gasteiger partial charge in [0, 0.05) is 6.66 Å². The molecule has 90 valence electrons. The average molecular weight is 304 g/mol. The lowest BCUT2D eigenvalue weighted by Gasteiger charge is -2.25. The van der Waals surface area contributed by atoms with Crippen molar-refractivity contribution in [1.82, 2.24) is 0 Å². The summed E-state index contributed by atoms with van der Waals surface area (Å²) in [6.45, 7) is 1.04. The first-order valence-electron chi connectivity index (χ1n) is 4.30. The summed E-state index contributed by atoms with van der Waals surface area (Å²) in [5.41, 5.74) is 0.527. The van der Waals surface area contributed by atoms with E-state index in [-0.39, 0.29) is 0 Å². The molecule has 7 heteroatoms. The minimum Gasteiger partial charge on any atom is -0.324 e. The first kappa shape index (κ1) is 14.3. The van der Waals surface area contributed by atoms with Crippen LogP contribution in [0.1, 0.15) is 11.7 Å². The normalized spacial score (nSPS) is 17.8. The highest BCUT2D eigenvalue weighted by molar-refractivity contribution is 7.51. The Kier molecular flexibility index (Phi) is 4.70. The van der Waals surface area contributed by atoms with Crippen molar-refractivity contribution in [3.63, 3.8) is 0 Å². The van der Waals surface area contributed by atoms with Crippen molar-refractivity contribution >= 4 is 42.4 Å². The second kappa shape index (κ2) is 5.26. The number of hydrogen-bond donors (Lipinski definition) is 1. The molecule has 2 atom stereocenters. The Balaban J connectivity index is 3.03. The van der Waals surface area contributed by atoms with E-state index in [1.807, 2.05) is 0 Å². The smallest absolute Gasteiger partial charge is 0.324 e. The highest BCUT2D eigenvalue weighted by Crippen LogP contribution is 2.51. The molecular weight excluding hydrogens is 293 g/mol. The molecule has 0 amide bonds. The fourth-order valence-corrected chi connectivity index (χ4v) is 2.50. The Hall–Kier alpha value is 0.240. The third-order valence-electron chi connectivity index (χ3n) is 1.70. The molecule has 1 aromatic rings. The summed E-state index contributed by atoms with van der Waals surface area (Å²) in [5, 5.41) is 0. The van der Waals surface area contributed by atoms with E-state index in [0.717, 1.165) is 6.66 Å². The Morgan fingerprint density at radius 1 is 1.31 bits per heavy atom. The van der Waals surface area contributed by atoms with Gasteiger partial charge in [-0.2, -0.15) is 0 Å². The molecule has 0 fully saturated rings. The maximum Gasteiger partial charge on any atom is 0.325 e. The molecule has 0 saturated heterocycles. The predicted octanol–water partition coefficient (Wildman–Crippen LogP) is 3.93. The molecule has 0 aliphatic rings. The molecule has 0 aliphatic heterocycles. The molecule has 0 aromatic heterocycles. The summed E-state index contributed by atoms with van der Waals surface area (Å²) >= 11 is 17.1. The molecule has 1 unspecified atom stereocenters. The minimum absolute atomic E-state index is 0.527. The molecule has 0 radical (unpaired) electrons. The van der Waals surface area contributed by atoms with Gasteiger partial charge < -0.3 is 4.89 Å². The summed E-state index contributed by atoms with van der Waals surface area (Å²) in [4.78, 5) is 9.17. The van der Waals surface area contributed by atoms with Gasteiger partial charge in [0.1, 0.15) is 6.10 Å². The van der Waals surface area contributed by atoms with Gasteiger partial charge in [-0.1, -0.05) is 65.1 Å². The molecule has 1 N–H and O–H groups in total. The molecule has 3 nitrogen and oxygen atoms in total. The van der Waals surface area contributed by atoms with Gasteiger partial charge in [-0.15, -0.1) is 0 Å². The van der Waals surface area contributed by atoms with Gasteiger partial charge in [-0.05, 0) is 5.56 Å². The van der Waals surface area contributed by atoms with Crippen LogP contribution in [0, 0.1) is 0 Å². The highest BCUT2D eigenvalue weighted by atomic mass is 35.6. The van der Waals surface area contributed by atoms with Crippen LogP contribution in [0.5, 0.6) is 0 Å². The zero-order valence-electron chi connectivity index (χ0n) is 8.31. The van der Waals surface area contributed by atoms with Crippen molar-refractivity contribution in [2.24, 2.45) is 0 Å². The Morgan fingerprint density at radius 3 is 2.19 bits per heavy atom. The molecule has 0 heterocycles. The van der Waals surface area contributed by atoms with Gasteiger partial charge in [0.05, 0.1) is 0 Å².